The molecule has 2 unspecified atom stereocenters. The van der Waals surface area contributed by atoms with Crippen molar-refractivity contribution in [1.82, 2.24) is 5.32 Å². The molecule has 0 radical (unpaired) electrons. The number of hydrogen-bond donors (Lipinski definition) is 1. The van der Waals surface area contributed by atoms with Gasteiger partial charge >= 0.3 is 6.18 Å². The molecule has 1 aliphatic heterocycles. The largest absolute Gasteiger partial charge is 0.416 e. The van der Waals surface area contributed by atoms with Gasteiger partial charge in [-0.3, -0.25) is 14.9 Å². The van der Waals surface area contributed by atoms with Crippen LogP contribution in [0.1, 0.15) is 17.0 Å². The maximum Gasteiger partial charge on any atom is 0.416 e. The molecule has 1 aliphatic rings. The van der Waals surface area contributed by atoms with Gasteiger partial charge in [0, 0.05) is 0 Å². The fourth-order valence-corrected chi connectivity index (χ4v) is 2.44. The number of rotatable bonds is 1. The van der Waals surface area contributed by atoms with E-state index in [1.54, 1.807) is 0 Å². The van der Waals surface area contributed by atoms with Gasteiger partial charge in [0.05, 0.1) is 11.5 Å². The third-order valence-corrected chi connectivity index (χ3v) is 3.59. The van der Waals surface area contributed by atoms with Crippen LogP contribution in [0.4, 0.5) is 13.2 Å². The van der Waals surface area contributed by atoms with E-state index in [0.717, 1.165) is 12.1 Å². The highest BCUT2D eigenvalue weighted by Gasteiger charge is 2.41. The van der Waals surface area contributed by atoms with E-state index < -0.39 is 34.3 Å². The fraction of sp³-hybridized carbons (Fsp3) is 0.273. The number of amides is 2. The van der Waals surface area contributed by atoms with E-state index in [9.17, 15) is 22.8 Å². The standard InChI is InChI=1S/C11H7BrF3NO2/c12-8-7(9(17)16-10(8)18)5-2-1-3-6(4-5)11(13,14)15/h1-4,7-8H,(H,16,17,18). The zero-order chi connectivity index (χ0) is 13.5. The van der Waals surface area contributed by atoms with Crippen LogP contribution < -0.4 is 5.32 Å². The summed E-state index contributed by atoms with van der Waals surface area (Å²) in [4.78, 5) is 21.9. The van der Waals surface area contributed by atoms with Crippen molar-refractivity contribution in [3.8, 4) is 0 Å². The minimum absolute atomic E-state index is 0.162. The first-order chi connectivity index (χ1) is 8.30. The second-order valence-corrected chi connectivity index (χ2v) is 4.84. The number of imide groups is 1. The molecule has 0 spiro atoms. The van der Waals surface area contributed by atoms with Gasteiger partial charge in [0.15, 0.2) is 0 Å². The summed E-state index contributed by atoms with van der Waals surface area (Å²) >= 11 is 3.01. The lowest BCUT2D eigenvalue weighted by atomic mass is 9.95. The van der Waals surface area contributed by atoms with Crippen LogP contribution in [0.15, 0.2) is 24.3 Å². The van der Waals surface area contributed by atoms with Crippen LogP contribution >= 0.6 is 15.9 Å². The number of hydrogen-bond acceptors (Lipinski definition) is 2. The summed E-state index contributed by atoms with van der Waals surface area (Å²) in [5.74, 6) is -2.07. The molecule has 1 saturated heterocycles. The molecular weight excluding hydrogens is 315 g/mol. The van der Waals surface area contributed by atoms with Crippen LogP contribution in [-0.2, 0) is 15.8 Å². The zero-order valence-electron chi connectivity index (χ0n) is 8.79. The summed E-state index contributed by atoms with van der Waals surface area (Å²) in [5, 5.41) is 2.07. The van der Waals surface area contributed by atoms with Crippen molar-refractivity contribution in [2.45, 2.75) is 16.9 Å². The minimum atomic E-state index is -4.48. The van der Waals surface area contributed by atoms with E-state index >= 15 is 0 Å². The molecule has 0 aromatic heterocycles. The molecular formula is C11H7BrF3NO2. The Morgan fingerprint density at radius 1 is 1.17 bits per heavy atom. The Bertz CT molecular complexity index is 515. The average Bonchev–Trinajstić information content (AvgIpc) is 2.52. The van der Waals surface area contributed by atoms with E-state index in [-0.39, 0.29) is 5.56 Å². The molecule has 1 aromatic rings. The van der Waals surface area contributed by atoms with Crippen molar-refractivity contribution in [3.63, 3.8) is 0 Å². The van der Waals surface area contributed by atoms with Gasteiger partial charge in [-0.25, -0.2) is 0 Å². The van der Waals surface area contributed by atoms with Crippen LogP contribution in [0.3, 0.4) is 0 Å². The SMILES string of the molecule is O=C1NC(=O)C(c2cccc(C(F)(F)F)c2)C1Br. The Labute approximate surface area is 108 Å². The van der Waals surface area contributed by atoms with Crippen LogP contribution in [0, 0.1) is 0 Å². The quantitative estimate of drug-likeness (QED) is 0.636. The Morgan fingerprint density at radius 3 is 2.33 bits per heavy atom. The van der Waals surface area contributed by atoms with Gasteiger partial charge in [-0.1, -0.05) is 34.1 Å². The highest BCUT2D eigenvalue weighted by atomic mass is 79.9. The number of carbonyl (C=O) groups is 2. The van der Waals surface area contributed by atoms with Gasteiger partial charge < -0.3 is 0 Å². The molecule has 1 heterocycles. The summed E-state index contributed by atoms with van der Waals surface area (Å²) in [7, 11) is 0. The van der Waals surface area contributed by atoms with Crippen LogP contribution in [0.5, 0.6) is 0 Å². The third-order valence-electron chi connectivity index (χ3n) is 2.65. The number of alkyl halides is 4. The lowest BCUT2D eigenvalue weighted by molar-refractivity contribution is -0.137. The molecule has 7 heteroatoms. The molecule has 2 atom stereocenters. The van der Waals surface area contributed by atoms with Crippen molar-refractivity contribution in [1.29, 1.82) is 0 Å². The highest BCUT2D eigenvalue weighted by Crippen LogP contribution is 2.34. The summed E-state index contributed by atoms with van der Waals surface area (Å²) in [6, 6.07) is 4.42. The van der Waals surface area contributed by atoms with Crippen molar-refractivity contribution in [2.75, 3.05) is 0 Å². The van der Waals surface area contributed by atoms with E-state index in [0.29, 0.717) is 0 Å². The number of nitrogens with one attached hydrogen (secondary N) is 1. The topological polar surface area (TPSA) is 46.2 Å². The van der Waals surface area contributed by atoms with Crippen molar-refractivity contribution in [3.05, 3.63) is 35.4 Å². The predicted octanol–water partition coefficient (Wildman–Crippen LogP) is 2.21. The van der Waals surface area contributed by atoms with E-state index in [4.69, 9.17) is 0 Å². The molecule has 1 N–H and O–H groups in total. The smallest absolute Gasteiger partial charge is 0.295 e. The Balaban J connectivity index is 2.40. The van der Waals surface area contributed by atoms with Crippen molar-refractivity contribution < 1.29 is 22.8 Å². The highest BCUT2D eigenvalue weighted by molar-refractivity contribution is 9.10. The van der Waals surface area contributed by atoms with Crippen LogP contribution in [0.2, 0.25) is 0 Å². The number of carbonyl (C=O) groups excluding carboxylic acids is 2. The van der Waals surface area contributed by atoms with Gasteiger partial charge in [0.2, 0.25) is 11.8 Å². The Hall–Kier alpha value is -1.37. The number of halogens is 4. The minimum Gasteiger partial charge on any atom is -0.295 e. The molecule has 2 rings (SSSR count). The maximum absolute atomic E-state index is 12.5. The molecule has 18 heavy (non-hydrogen) atoms. The van der Waals surface area contributed by atoms with Gasteiger partial charge in [0.1, 0.15) is 4.83 Å². The molecule has 2 amide bonds. The molecule has 3 nitrogen and oxygen atoms in total. The fourth-order valence-electron chi connectivity index (χ4n) is 1.78. The van der Waals surface area contributed by atoms with Crippen molar-refractivity contribution in [2.24, 2.45) is 0 Å². The molecule has 0 saturated carbocycles. The van der Waals surface area contributed by atoms with Crippen LogP contribution in [-0.4, -0.2) is 16.6 Å². The van der Waals surface area contributed by atoms with E-state index in [1.807, 2.05) is 0 Å². The summed E-state index contributed by atoms with van der Waals surface area (Å²) in [6.45, 7) is 0. The predicted molar refractivity (Wildman–Crippen MR) is 60.0 cm³/mol. The Morgan fingerprint density at radius 2 is 1.83 bits per heavy atom. The first-order valence-electron chi connectivity index (χ1n) is 4.96. The lowest BCUT2D eigenvalue weighted by Gasteiger charge is -2.13. The lowest BCUT2D eigenvalue weighted by Crippen LogP contribution is -2.22. The average molecular weight is 322 g/mol. The summed E-state index contributed by atoms with van der Waals surface area (Å²) < 4.78 is 37.6. The first kappa shape index (κ1) is 13.1. The molecule has 1 fully saturated rings. The van der Waals surface area contributed by atoms with Gasteiger partial charge in [0.25, 0.3) is 0 Å². The van der Waals surface area contributed by atoms with Gasteiger partial charge in [-0.15, -0.1) is 0 Å². The van der Waals surface area contributed by atoms with Gasteiger partial charge in [-0.2, -0.15) is 13.2 Å². The van der Waals surface area contributed by atoms with Gasteiger partial charge in [-0.05, 0) is 11.6 Å². The second kappa shape index (κ2) is 4.38. The van der Waals surface area contributed by atoms with E-state index in [2.05, 4.69) is 21.2 Å². The Kier molecular flexibility index (Phi) is 3.18. The summed E-state index contributed by atoms with van der Waals surface area (Å²) in [6.07, 6.45) is -4.48. The first-order valence-corrected chi connectivity index (χ1v) is 5.88. The number of benzene rings is 1. The molecule has 0 bridgehead atoms. The van der Waals surface area contributed by atoms with Crippen molar-refractivity contribution >= 4 is 27.7 Å². The molecule has 1 aromatic carbocycles. The van der Waals surface area contributed by atoms with E-state index in [1.165, 1.54) is 12.1 Å². The monoisotopic (exact) mass is 321 g/mol. The second-order valence-electron chi connectivity index (χ2n) is 3.86. The molecule has 0 aliphatic carbocycles. The maximum atomic E-state index is 12.5. The normalized spacial score (nSPS) is 24.2. The third kappa shape index (κ3) is 2.27. The molecule has 96 valence electrons. The zero-order valence-corrected chi connectivity index (χ0v) is 10.4. The van der Waals surface area contributed by atoms with Crippen LogP contribution in [0.25, 0.3) is 0 Å². The summed E-state index contributed by atoms with van der Waals surface area (Å²) in [5.41, 5.74) is -0.679.